The van der Waals surface area contributed by atoms with E-state index in [4.69, 9.17) is 4.74 Å². The van der Waals surface area contributed by atoms with E-state index in [1.165, 1.54) is 18.3 Å². The summed E-state index contributed by atoms with van der Waals surface area (Å²) in [7, 11) is 0. The predicted molar refractivity (Wildman–Crippen MR) is 118 cm³/mol. The van der Waals surface area contributed by atoms with Crippen molar-refractivity contribution in [3.63, 3.8) is 0 Å². The molecule has 0 bridgehead atoms. The molecule has 5 nitrogen and oxygen atoms in total. The summed E-state index contributed by atoms with van der Waals surface area (Å²) in [4.78, 5) is 8.87. The highest BCUT2D eigenvalue weighted by atomic mass is 19.3. The van der Waals surface area contributed by atoms with Crippen LogP contribution in [-0.4, -0.2) is 26.3 Å². The molecule has 0 spiro atoms. The number of para-hydroxylation sites is 1. The molecule has 33 heavy (non-hydrogen) atoms. The molecule has 0 radical (unpaired) electrons. The third-order valence-electron chi connectivity index (χ3n) is 6.00. The lowest BCUT2D eigenvalue weighted by atomic mass is 10.0. The van der Waals surface area contributed by atoms with Gasteiger partial charge in [0, 0.05) is 35.4 Å². The molecule has 8 heteroatoms. The van der Waals surface area contributed by atoms with Gasteiger partial charge in [-0.3, -0.25) is 4.98 Å². The van der Waals surface area contributed by atoms with Crippen molar-refractivity contribution in [3.8, 4) is 16.9 Å². The Balaban J connectivity index is 1.61. The van der Waals surface area contributed by atoms with Crippen LogP contribution in [0.4, 0.5) is 13.2 Å². The Morgan fingerprint density at radius 1 is 1.15 bits per heavy atom. The van der Waals surface area contributed by atoms with Crippen LogP contribution in [0.25, 0.3) is 22.2 Å². The van der Waals surface area contributed by atoms with Crippen LogP contribution in [0.2, 0.25) is 0 Å². The summed E-state index contributed by atoms with van der Waals surface area (Å²) in [5, 5.41) is 10.1. The maximum absolute atomic E-state index is 15.0. The standard InChI is InChI=1S/C25H22F3N3O2/c1-25(2,32)22-9-7-14(13-29-22)16-11-20-18(12-17(16)26)30-23-10-8-19(31(20)23)15-5-3-4-6-21(15)33-24(27)28/h3-7,9,11-13,19,24,32H,8,10H2,1-2H3/t19-/m1/s1. The molecule has 1 aliphatic rings. The number of aromatic nitrogens is 3. The summed E-state index contributed by atoms with van der Waals surface area (Å²) < 4.78 is 47.7. The third-order valence-corrected chi connectivity index (χ3v) is 6.00. The minimum Gasteiger partial charge on any atom is -0.434 e. The fraction of sp³-hybridized carbons (Fsp3) is 0.280. The molecule has 0 unspecified atom stereocenters. The molecule has 170 valence electrons. The summed E-state index contributed by atoms with van der Waals surface area (Å²) in [5.41, 5.74) is 2.14. The van der Waals surface area contributed by atoms with Gasteiger partial charge in [0.25, 0.3) is 0 Å². The van der Waals surface area contributed by atoms with E-state index in [9.17, 15) is 13.9 Å². The first-order valence-corrected chi connectivity index (χ1v) is 10.7. The van der Waals surface area contributed by atoms with Crippen molar-refractivity contribution in [2.45, 2.75) is 44.9 Å². The summed E-state index contributed by atoms with van der Waals surface area (Å²) in [5.74, 6) is 0.463. The summed E-state index contributed by atoms with van der Waals surface area (Å²) >= 11 is 0. The molecule has 2 aromatic heterocycles. The number of nitrogens with zero attached hydrogens (tertiary/aromatic N) is 3. The fourth-order valence-electron chi connectivity index (χ4n) is 4.47. The number of hydrogen-bond donors (Lipinski definition) is 1. The van der Waals surface area contributed by atoms with Gasteiger partial charge < -0.3 is 14.4 Å². The number of aryl methyl sites for hydroxylation is 1. The van der Waals surface area contributed by atoms with Crippen LogP contribution in [0.1, 0.15) is 43.4 Å². The molecule has 0 aliphatic carbocycles. The normalized spacial score (nSPS) is 15.9. The molecule has 0 amide bonds. The van der Waals surface area contributed by atoms with Gasteiger partial charge >= 0.3 is 6.61 Å². The van der Waals surface area contributed by atoms with Crippen molar-refractivity contribution >= 4 is 11.0 Å². The largest absolute Gasteiger partial charge is 0.434 e. The lowest BCUT2D eigenvalue weighted by molar-refractivity contribution is -0.0506. The van der Waals surface area contributed by atoms with Crippen LogP contribution in [0.15, 0.2) is 54.7 Å². The number of alkyl halides is 2. The molecule has 4 aromatic rings. The van der Waals surface area contributed by atoms with Gasteiger partial charge in [-0.1, -0.05) is 24.3 Å². The second-order valence-electron chi connectivity index (χ2n) is 8.68. The van der Waals surface area contributed by atoms with E-state index >= 15 is 4.39 Å². The molecule has 0 saturated carbocycles. The number of aliphatic hydroxyl groups is 1. The van der Waals surface area contributed by atoms with E-state index in [2.05, 4.69) is 9.97 Å². The quantitative estimate of drug-likeness (QED) is 0.427. The number of hydrogen-bond acceptors (Lipinski definition) is 4. The lowest BCUT2D eigenvalue weighted by Crippen LogP contribution is -2.17. The zero-order valence-corrected chi connectivity index (χ0v) is 18.1. The Kier molecular flexibility index (Phi) is 5.12. The minimum atomic E-state index is -2.92. The summed E-state index contributed by atoms with van der Waals surface area (Å²) in [6.45, 7) is 0.339. The first-order chi connectivity index (χ1) is 15.7. The first kappa shape index (κ1) is 21.5. The van der Waals surface area contributed by atoms with E-state index in [1.807, 2.05) is 4.57 Å². The monoisotopic (exact) mass is 453 g/mol. The molecule has 2 aromatic carbocycles. The zero-order valence-electron chi connectivity index (χ0n) is 18.1. The Morgan fingerprint density at radius 3 is 2.64 bits per heavy atom. The summed E-state index contributed by atoms with van der Waals surface area (Å²) in [6.07, 6.45) is 2.85. The van der Waals surface area contributed by atoms with Gasteiger partial charge in [0.1, 0.15) is 23.0 Å². The van der Waals surface area contributed by atoms with E-state index in [1.54, 1.807) is 50.2 Å². The molecule has 3 heterocycles. The van der Waals surface area contributed by atoms with E-state index in [-0.39, 0.29) is 11.8 Å². The Hall–Kier alpha value is -3.39. The lowest BCUT2D eigenvalue weighted by Gasteiger charge is -2.19. The number of imidazole rings is 1. The van der Waals surface area contributed by atoms with Crippen molar-refractivity contribution in [2.24, 2.45) is 0 Å². The minimum absolute atomic E-state index is 0.126. The maximum Gasteiger partial charge on any atom is 0.387 e. The van der Waals surface area contributed by atoms with Crippen LogP contribution in [-0.2, 0) is 12.0 Å². The molecule has 0 saturated heterocycles. The van der Waals surface area contributed by atoms with Gasteiger partial charge in [0.15, 0.2) is 0 Å². The van der Waals surface area contributed by atoms with Crippen LogP contribution < -0.4 is 4.74 Å². The molecule has 1 aliphatic heterocycles. The number of halogens is 3. The fourth-order valence-corrected chi connectivity index (χ4v) is 4.47. The molecular weight excluding hydrogens is 431 g/mol. The van der Waals surface area contributed by atoms with Crippen molar-refractivity contribution in [1.82, 2.24) is 14.5 Å². The van der Waals surface area contributed by atoms with Crippen molar-refractivity contribution in [2.75, 3.05) is 0 Å². The molecule has 1 atom stereocenters. The Morgan fingerprint density at radius 2 is 1.94 bits per heavy atom. The number of rotatable bonds is 5. The van der Waals surface area contributed by atoms with Gasteiger partial charge in [-0.25, -0.2) is 9.37 Å². The molecule has 0 fully saturated rings. The topological polar surface area (TPSA) is 60.2 Å². The highest BCUT2D eigenvalue weighted by molar-refractivity contribution is 5.83. The van der Waals surface area contributed by atoms with Crippen LogP contribution in [0.3, 0.4) is 0 Å². The van der Waals surface area contributed by atoms with E-state index in [0.717, 1.165) is 5.82 Å². The third kappa shape index (κ3) is 3.84. The smallest absolute Gasteiger partial charge is 0.387 e. The SMILES string of the molecule is CC(C)(O)c1ccc(-c2cc3c(cc2F)nc2n3[C@@H](c3ccccc3OC(F)F)CC2)cn1. The van der Waals surface area contributed by atoms with Crippen LogP contribution in [0.5, 0.6) is 5.75 Å². The van der Waals surface area contributed by atoms with E-state index in [0.29, 0.717) is 46.3 Å². The second-order valence-corrected chi connectivity index (χ2v) is 8.68. The highest BCUT2D eigenvalue weighted by Crippen LogP contribution is 2.40. The average Bonchev–Trinajstić information content (AvgIpc) is 3.31. The van der Waals surface area contributed by atoms with Crippen molar-refractivity contribution < 1.29 is 23.0 Å². The van der Waals surface area contributed by atoms with Gasteiger partial charge in [-0.2, -0.15) is 8.78 Å². The Bertz CT molecular complexity index is 1330. The van der Waals surface area contributed by atoms with Gasteiger partial charge in [-0.15, -0.1) is 0 Å². The van der Waals surface area contributed by atoms with Crippen molar-refractivity contribution in [3.05, 3.63) is 77.6 Å². The van der Waals surface area contributed by atoms with Crippen LogP contribution >= 0.6 is 0 Å². The number of pyridine rings is 1. The first-order valence-electron chi connectivity index (χ1n) is 10.7. The molecule has 5 rings (SSSR count). The van der Waals surface area contributed by atoms with Crippen molar-refractivity contribution in [1.29, 1.82) is 0 Å². The molecular formula is C25H22F3N3O2. The van der Waals surface area contributed by atoms with Crippen LogP contribution in [0, 0.1) is 5.82 Å². The van der Waals surface area contributed by atoms with Gasteiger partial charge in [-0.05, 0) is 38.5 Å². The number of fused-ring (bicyclic) bond motifs is 3. The van der Waals surface area contributed by atoms with Gasteiger partial charge in [0.05, 0.1) is 22.8 Å². The Labute approximate surface area is 188 Å². The zero-order chi connectivity index (χ0) is 23.3. The van der Waals surface area contributed by atoms with Gasteiger partial charge in [0.2, 0.25) is 0 Å². The maximum atomic E-state index is 15.0. The molecule has 1 N–H and O–H groups in total. The van der Waals surface area contributed by atoms with E-state index < -0.39 is 18.0 Å². The summed E-state index contributed by atoms with van der Waals surface area (Å²) in [6, 6.07) is 13.0. The number of ether oxygens (including phenoxy) is 1. The number of benzene rings is 2. The average molecular weight is 453 g/mol. The second kappa shape index (κ2) is 7.88. The predicted octanol–water partition coefficient (Wildman–Crippen LogP) is 5.60. The highest BCUT2D eigenvalue weighted by Gasteiger charge is 2.30.